The Kier molecular flexibility index (Phi) is 4.59. The number of para-hydroxylation sites is 2. The van der Waals surface area contributed by atoms with Gasteiger partial charge in [0.25, 0.3) is 0 Å². The van der Waals surface area contributed by atoms with Crippen molar-refractivity contribution >= 4 is 17.1 Å². The first kappa shape index (κ1) is 14.9. The molecule has 0 amide bonds. The highest BCUT2D eigenvalue weighted by molar-refractivity contribution is 5.75. The molecule has 0 bridgehead atoms. The predicted octanol–water partition coefficient (Wildman–Crippen LogP) is 3.36. The summed E-state index contributed by atoms with van der Waals surface area (Å²) < 4.78 is 0. The topological polar surface area (TPSA) is 31.4 Å². The van der Waals surface area contributed by atoms with Gasteiger partial charge in [0.15, 0.2) is 0 Å². The third-order valence-corrected chi connectivity index (χ3v) is 4.23. The van der Waals surface area contributed by atoms with Gasteiger partial charge < -0.3 is 10.2 Å². The van der Waals surface area contributed by atoms with E-state index in [2.05, 4.69) is 58.2 Å². The maximum Gasteiger partial charge on any atom is 0.0622 e. The van der Waals surface area contributed by atoms with Gasteiger partial charge in [0.1, 0.15) is 0 Å². The van der Waals surface area contributed by atoms with Gasteiger partial charge >= 0.3 is 0 Å². The molecular weight excluding hydrogens is 272 g/mol. The van der Waals surface area contributed by atoms with E-state index in [9.17, 15) is 0 Å². The standard InChI is InChI=1S/C18H24N4/c1-15(2)21-10-12-22(13-11-21)18-8-4-3-7-17(18)20-16-6-5-9-19-14-16/h3-9,14-15,20H,10-13H2,1-2H3. The van der Waals surface area contributed by atoms with Crippen LogP contribution in [0.1, 0.15) is 13.8 Å². The van der Waals surface area contributed by atoms with Gasteiger partial charge in [-0.15, -0.1) is 0 Å². The molecule has 1 fully saturated rings. The van der Waals surface area contributed by atoms with E-state index >= 15 is 0 Å². The lowest BCUT2D eigenvalue weighted by Gasteiger charge is -2.38. The van der Waals surface area contributed by atoms with E-state index < -0.39 is 0 Å². The van der Waals surface area contributed by atoms with Gasteiger partial charge in [-0.05, 0) is 38.1 Å². The normalized spacial score (nSPS) is 16.0. The number of piperazine rings is 1. The third-order valence-electron chi connectivity index (χ3n) is 4.23. The van der Waals surface area contributed by atoms with Crippen LogP contribution in [0.15, 0.2) is 48.8 Å². The van der Waals surface area contributed by atoms with Gasteiger partial charge in [-0.3, -0.25) is 9.88 Å². The average Bonchev–Trinajstić information content (AvgIpc) is 2.56. The number of hydrogen-bond acceptors (Lipinski definition) is 4. The Morgan fingerprint density at radius 1 is 1.00 bits per heavy atom. The fraction of sp³-hybridized carbons (Fsp3) is 0.389. The van der Waals surface area contributed by atoms with Gasteiger partial charge in [-0.25, -0.2) is 0 Å². The molecule has 1 saturated heterocycles. The third kappa shape index (κ3) is 3.39. The number of rotatable bonds is 4. The Bertz CT molecular complexity index is 589. The lowest BCUT2D eigenvalue weighted by Crippen LogP contribution is -2.49. The number of anilines is 3. The van der Waals surface area contributed by atoms with E-state index in [1.807, 2.05) is 18.3 Å². The van der Waals surface area contributed by atoms with Crippen LogP contribution < -0.4 is 10.2 Å². The SMILES string of the molecule is CC(C)N1CCN(c2ccccc2Nc2cccnc2)CC1. The van der Waals surface area contributed by atoms with Crippen LogP contribution in [0.5, 0.6) is 0 Å². The molecule has 2 heterocycles. The van der Waals surface area contributed by atoms with Crippen LogP contribution in [0, 0.1) is 0 Å². The van der Waals surface area contributed by atoms with Crippen molar-refractivity contribution in [2.24, 2.45) is 0 Å². The molecule has 3 rings (SSSR count). The molecule has 1 aromatic carbocycles. The number of aromatic nitrogens is 1. The fourth-order valence-electron chi connectivity index (χ4n) is 2.93. The summed E-state index contributed by atoms with van der Waals surface area (Å²) in [5, 5.41) is 3.49. The average molecular weight is 296 g/mol. The number of hydrogen-bond donors (Lipinski definition) is 1. The molecule has 0 aliphatic carbocycles. The minimum atomic E-state index is 0.630. The van der Waals surface area contributed by atoms with Crippen LogP contribution in [0.4, 0.5) is 17.1 Å². The Morgan fingerprint density at radius 3 is 2.45 bits per heavy atom. The number of pyridine rings is 1. The lowest BCUT2D eigenvalue weighted by atomic mass is 10.2. The van der Waals surface area contributed by atoms with Gasteiger partial charge in [-0.2, -0.15) is 0 Å². The van der Waals surface area contributed by atoms with Crippen LogP contribution in [0.25, 0.3) is 0 Å². The van der Waals surface area contributed by atoms with Crippen molar-refractivity contribution in [1.82, 2.24) is 9.88 Å². The second kappa shape index (κ2) is 6.79. The summed E-state index contributed by atoms with van der Waals surface area (Å²) in [6, 6.07) is 13.1. The minimum Gasteiger partial charge on any atom is -0.367 e. The molecule has 22 heavy (non-hydrogen) atoms. The van der Waals surface area contributed by atoms with Crippen molar-refractivity contribution in [3.8, 4) is 0 Å². The Labute approximate surface area is 132 Å². The molecular formula is C18H24N4. The predicted molar refractivity (Wildman–Crippen MR) is 92.9 cm³/mol. The largest absolute Gasteiger partial charge is 0.367 e. The van der Waals surface area contributed by atoms with Gasteiger partial charge in [0.05, 0.1) is 23.3 Å². The molecule has 4 heteroatoms. The minimum absolute atomic E-state index is 0.630. The first-order valence-electron chi connectivity index (χ1n) is 7.99. The molecule has 1 aromatic heterocycles. The highest BCUT2D eigenvalue weighted by Gasteiger charge is 2.20. The Balaban J connectivity index is 1.75. The van der Waals surface area contributed by atoms with Crippen LogP contribution >= 0.6 is 0 Å². The molecule has 0 spiro atoms. The van der Waals surface area contributed by atoms with E-state index in [-0.39, 0.29) is 0 Å². The van der Waals surface area contributed by atoms with Crippen molar-refractivity contribution in [3.05, 3.63) is 48.8 Å². The molecule has 116 valence electrons. The maximum absolute atomic E-state index is 4.17. The molecule has 0 saturated carbocycles. The van der Waals surface area contributed by atoms with Crippen LogP contribution in [-0.4, -0.2) is 42.1 Å². The van der Waals surface area contributed by atoms with Crippen molar-refractivity contribution < 1.29 is 0 Å². The molecule has 0 atom stereocenters. The Hall–Kier alpha value is -2.07. The Morgan fingerprint density at radius 2 is 1.77 bits per heavy atom. The second-order valence-corrected chi connectivity index (χ2v) is 6.00. The zero-order valence-corrected chi connectivity index (χ0v) is 13.4. The van der Waals surface area contributed by atoms with Gasteiger partial charge in [-0.1, -0.05) is 12.1 Å². The fourth-order valence-corrected chi connectivity index (χ4v) is 2.93. The zero-order valence-electron chi connectivity index (χ0n) is 13.4. The smallest absolute Gasteiger partial charge is 0.0622 e. The first-order valence-corrected chi connectivity index (χ1v) is 7.99. The van der Waals surface area contributed by atoms with Crippen LogP contribution in [0.2, 0.25) is 0 Å². The number of nitrogens with one attached hydrogen (secondary N) is 1. The van der Waals surface area contributed by atoms with Gasteiger partial charge in [0.2, 0.25) is 0 Å². The quantitative estimate of drug-likeness (QED) is 0.937. The van der Waals surface area contributed by atoms with Crippen LogP contribution in [-0.2, 0) is 0 Å². The summed E-state index contributed by atoms with van der Waals surface area (Å²) in [5.74, 6) is 0. The summed E-state index contributed by atoms with van der Waals surface area (Å²) >= 11 is 0. The first-order chi connectivity index (χ1) is 10.7. The maximum atomic E-state index is 4.17. The number of nitrogens with zero attached hydrogens (tertiary/aromatic N) is 3. The van der Waals surface area contributed by atoms with E-state index in [0.717, 1.165) is 37.6 Å². The van der Waals surface area contributed by atoms with E-state index in [1.165, 1.54) is 5.69 Å². The summed E-state index contributed by atoms with van der Waals surface area (Å²) in [7, 11) is 0. The molecule has 2 aromatic rings. The van der Waals surface area contributed by atoms with Crippen LogP contribution in [0.3, 0.4) is 0 Å². The highest BCUT2D eigenvalue weighted by Crippen LogP contribution is 2.29. The molecule has 0 radical (unpaired) electrons. The monoisotopic (exact) mass is 296 g/mol. The van der Waals surface area contributed by atoms with Crippen molar-refractivity contribution in [2.75, 3.05) is 36.4 Å². The molecule has 1 N–H and O–H groups in total. The second-order valence-electron chi connectivity index (χ2n) is 6.00. The summed E-state index contributed by atoms with van der Waals surface area (Å²) in [4.78, 5) is 9.17. The van der Waals surface area contributed by atoms with Crippen molar-refractivity contribution in [3.63, 3.8) is 0 Å². The molecule has 4 nitrogen and oxygen atoms in total. The molecule has 1 aliphatic rings. The van der Waals surface area contributed by atoms with Crippen molar-refractivity contribution in [1.29, 1.82) is 0 Å². The molecule has 0 unspecified atom stereocenters. The van der Waals surface area contributed by atoms with Crippen molar-refractivity contribution in [2.45, 2.75) is 19.9 Å². The number of benzene rings is 1. The zero-order chi connectivity index (χ0) is 15.4. The van der Waals surface area contributed by atoms with E-state index in [0.29, 0.717) is 6.04 Å². The van der Waals surface area contributed by atoms with E-state index in [1.54, 1.807) is 6.20 Å². The van der Waals surface area contributed by atoms with E-state index in [4.69, 9.17) is 0 Å². The molecule has 1 aliphatic heterocycles. The highest BCUT2D eigenvalue weighted by atomic mass is 15.3. The summed E-state index contributed by atoms with van der Waals surface area (Å²) in [6.07, 6.45) is 3.65. The van der Waals surface area contributed by atoms with Gasteiger partial charge in [0, 0.05) is 38.4 Å². The summed E-state index contributed by atoms with van der Waals surface area (Å²) in [5.41, 5.74) is 3.44. The summed E-state index contributed by atoms with van der Waals surface area (Å²) in [6.45, 7) is 8.94. The lowest BCUT2D eigenvalue weighted by molar-refractivity contribution is 0.209.